The van der Waals surface area contributed by atoms with Gasteiger partial charge in [0.2, 0.25) is 5.91 Å². The molecular weight excluding hydrogens is 500 g/mol. The number of fused-ring (bicyclic) bond motifs is 1. The molecule has 2 aliphatic heterocycles. The highest BCUT2D eigenvalue weighted by Gasteiger charge is 2.41. The number of thioether (sulfide) groups is 1. The minimum absolute atomic E-state index is 0.122. The predicted octanol–water partition coefficient (Wildman–Crippen LogP) is 5.33. The van der Waals surface area contributed by atoms with Crippen LogP contribution in [0, 0.1) is 0 Å². The Morgan fingerprint density at radius 2 is 1.87 bits per heavy atom. The molecule has 1 unspecified atom stereocenters. The summed E-state index contributed by atoms with van der Waals surface area (Å²) in [5, 5.41) is 5.56. The van der Waals surface area contributed by atoms with E-state index in [1.54, 1.807) is 19.3 Å². The third-order valence-corrected chi connectivity index (χ3v) is 7.00. The van der Waals surface area contributed by atoms with E-state index in [4.69, 9.17) is 9.47 Å². The van der Waals surface area contributed by atoms with Crippen LogP contribution in [0.4, 0.5) is 0 Å². The molecule has 2 aliphatic rings. The molecule has 192 valence electrons. The van der Waals surface area contributed by atoms with E-state index in [0.29, 0.717) is 34.5 Å². The van der Waals surface area contributed by atoms with Gasteiger partial charge in [0.1, 0.15) is 11.5 Å². The van der Waals surface area contributed by atoms with Gasteiger partial charge in [-0.05, 0) is 53.8 Å². The van der Waals surface area contributed by atoms with Crippen LogP contribution in [0.25, 0.3) is 0 Å². The van der Waals surface area contributed by atoms with Crippen LogP contribution in [0.3, 0.4) is 0 Å². The number of esters is 1. The molecule has 0 saturated carbocycles. The summed E-state index contributed by atoms with van der Waals surface area (Å²) in [4.78, 5) is 36.6. The topological polar surface area (TPSA) is 93.1 Å². The fourth-order valence-corrected chi connectivity index (χ4v) is 5.32. The third kappa shape index (κ3) is 5.47. The van der Waals surface area contributed by atoms with Crippen LogP contribution in [0.15, 0.2) is 106 Å². The Hall–Kier alpha value is -4.37. The van der Waals surface area contributed by atoms with E-state index in [1.165, 1.54) is 18.9 Å². The van der Waals surface area contributed by atoms with Crippen molar-refractivity contribution in [3.8, 4) is 11.5 Å². The summed E-state index contributed by atoms with van der Waals surface area (Å²) in [7, 11) is 1.36. The van der Waals surface area contributed by atoms with E-state index in [-0.39, 0.29) is 12.3 Å². The maximum Gasteiger partial charge on any atom is 0.338 e. The third-order valence-electron chi connectivity index (χ3n) is 6.11. The number of carbonyl (C=O) groups excluding carboxylic acids is 2. The van der Waals surface area contributed by atoms with Gasteiger partial charge in [0.15, 0.2) is 5.17 Å². The van der Waals surface area contributed by atoms with Gasteiger partial charge in [-0.25, -0.2) is 9.79 Å². The maximum absolute atomic E-state index is 13.0. The number of nitrogens with one attached hydrogen (secondary N) is 1. The number of amidine groups is 1. The highest BCUT2D eigenvalue weighted by atomic mass is 32.2. The van der Waals surface area contributed by atoms with E-state index in [2.05, 4.69) is 15.3 Å². The van der Waals surface area contributed by atoms with Gasteiger partial charge < -0.3 is 19.7 Å². The lowest BCUT2D eigenvalue weighted by Crippen LogP contribution is -2.37. The number of aromatic nitrogens is 1. The highest BCUT2D eigenvalue weighted by molar-refractivity contribution is 8.16. The summed E-state index contributed by atoms with van der Waals surface area (Å²) in [6.45, 7) is 2.18. The summed E-state index contributed by atoms with van der Waals surface area (Å²) in [5.74, 6) is 0.721. The molecule has 1 N–H and O–H groups in total. The van der Waals surface area contributed by atoms with E-state index < -0.39 is 12.0 Å². The Balaban J connectivity index is 1.43. The first kappa shape index (κ1) is 25.3. The SMILES string of the molecule is COC(=O)C1=C(C)N=C2SC=C(CC(=O)NCc3cccnc3)N2C1c1cccc(Oc2ccccc2)c1. The molecule has 0 radical (unpaired) electrons. The lowest BCUT2D eigenvalue weighted by molar-refractivity contribution is -0.136. The summed E-state index contributed by atoms with van der Waals surface area (Å²) >= 11 is 1.43. The van der Waals surface area contributed by atoms with Gasteiger partial charge in [-0.15, -0.1) is 0 Å². The molecule has 0 spiro atoms. The predicted molar refractivity (Wildman–Crippen MR) is 146 cm³/mol. The van der Waals surface area contributed by atoms with Crippen molar-refractivity contribution in [1.29, 1.82) is 0 Å². The number of ether oxygens (including phenoxy) is 2. The lowest BCUT2D eigenvalue weighted by Gasteiger charge is -2.36. The second kappa shape index (κ2) is 11.4. The van der Waals surface area contributed by atoms with Crippen molar-refractivity contribution in [2.24, 2.45) is 4.99 Å². The minimum Gasteiger partial charge on any atom is -0.466 e. The molecule has 0 fully saturated rings. The van der Waals surface area contributed by atoms with Crippen molar-refractivity contribution in [1.82, 2.24) is 15.2 Å². The number of hydrogen-bond donors (Lipinski definition) is 1. The van der Waals surface area contributed by atoms with Gasteiger partial charge in [-0.1, -0.05) is 48.2 Å². The van der Waals surface area contributed by atoms with Crippen LogP contribution in [-0.2, 0) is 20.9 Å². The largest absolute Gasteiger partial charge is 0.466 e. The second-order valence-corrected chi connectivity index (χ2v) is 9.52. The maximum atomic E-state index is 13.0. The average Bonchev–Trinajstić information content (AvgIpc) is 3.33. The first-order valence-corrected chi connectivity index (χ1v) is 12.9. The fourth-order valence-electron chi connectivity index (χ4n) is 4.36. The summed E-state index contributed by atoms with van der Waals surface area (Å²) < 4.78 is 11.2. The molecule has 3 heterocycles. The molecule has 1 amide bonds. The van der Waals surface area contributed by atoms with Crippen LogP contribution >= 0.6 is 11.8 Å². The molecule has 5 rings (SSSR count). The Morgan fingerprint density at radius 3 is 2.63 bits per heavy atom. The Bertz CT molecular complexity index is 1440. The van der Waals surface area contributed by atoms with E-state index >= 15 is 0 Å². The molecule has 0 bridgehead atoms. The number of carbonyl (C=O) groups is 2. The van der Waals surface area contributed by atoms with Crippen LogP contribution in [0.5, 0.6) is 11.5 Å². The van der Waals surface area contributed by atoms with E-state index in [0.717, 1.165) is 16.8 Å². The number of nitrogens with zero attached hydrogens (tertiary/aromatic N) is 3. The zero-order valence-electron chi connectivity index (χ0n) is 21.0. The second-order valence-electron chi connectivity index (χ2n) is 8.69. The van der Waals surface area contributed by atoms with Gasteiger partial charge in [-0.2, -0.15) is 0 Å². The number of aliphatic imine (C=N–C) groups is 1. The number of benzene rings is 2. The Labute approximate surface area is 225 Å². The van der Waals surface area contributed by atoms with Crippen LogP contribution in [0.2, 0.25) is 0 Å². The van der Waals surface area contributed by atoms with Crippen molar-refractivity contribution in [3.05, 3.63) is 113 Å². The molecule has 3 aromatic rings. The molecule has 38 heavy (non-hydrogen) atoms. The van der Waals surface area contributed by atoms with Crippen molar-refractivity contribution in [3.63, 3.8) is 0 Å². The molecule has 1 aromatic heterocycles. The average molecular weight is 527 g/mol. The minimum atomic E-state index is -0.540. The molecular formula is C29H26N4O4S. The lowest BCUT2D eigenvalue weighted by atomic mass is 9.93. The van der Waals surface area contributed by atoms with Gasteiger partial charge >= 0.3 is 5.97 Å². The molecule has 1 atom stereocenters. The molecule has 0 saturated heterocycles. The molecule has 8 nitrogen and oxygen atoms in total. The quantitative estimate of drug-likeness (QED) is 0.397. The van der Waals surface area contributed by atoms with Gasteiger partial charge in [0, 0.05) is 24.6 Å². The number of pyridine rings is 1. The number of hydrogen-bond acceptors (Lipinski definition) is 8. The normalized spacial score (nSPS) is 16.4. The highest BCUT2D eigenvalue weighted by Crippen LogP contribution is 2.45. The van der Waals surface area contributed by atoms with Crippen molar-refractivity contribution in [2.45, 2.75) is 25.9 Å². The zero-order chi connectivity index (χ0) is 26.5. The number of amides is 1. The first-order chi connectivity index (χ1) is 18.5. The van der Waals surface area contributed by atoms with Gasteiger partial charge in [0.25, 0.3) is 0 Å². The summed E-state index contributed by atoms with van der Waals surface area (Å²) in [6.07, 6.45) is 3.53. The monoisotopic (exact) mass is 526 g/mol. The van der Waals surface area contributed by atoms with Crippen LogP contribution < -0.4 is 10.1 Å². The van der Waals surface area contributed by atoms with Crippen LogP contribution in [0.1, 0.15) is 30.5 Å². The first-order valence-electron chi connectivity index (χ1n) is 12.0. The van der Waals surface area contributed by atoms with Crippen molar-refractivity contribution < 1.29 is 19.1 Å². The molecule has 9 heteroatoms. The van der Waals surface area contributed by atoms with Gasteiger partial charge in [0.05, 0.1) is 30.8 Å². The van der Waals surface area contributed by atoms with Crippen molar-refractivity contribution in [2.75, 3.05) is 7.11 Å². The zero-order valence-corrected chi connectivity index (χ0v) is 21.8. The van der Waals surface area contributed by atoms with Crippen LogP contribution in [-0.4, -0.2) is 34.0 Å². The number of para-hydroxylation sites is 1. The molecule has 2 aromatic carbocycles. The number of methoxy groups -OCH3 is 1. The Kier molecular flexibility index (Phi) is 7.55. The summed E-state index contributed by atoms with van der Waals surface area (Å²) in [5.41, 5.74) is 3.46. The standard InChI is InChI=1S/C29H26N4O4S/c1-19-26(28(35)36-2)27(21-9-6-12-24(14-21)37-23-10-4-3-5-11-23)33-22(18-38-29(33)32-19)15-25(34)31-17-20-8-7-13-30-16-20/h3-14,16,18,27H,15,17H2,1-2H3,(H,31,34). The summed E-state index contributed by atoms with van der Waals surface area (Å²) in [6, 6.07) is 20.3. The number of rotatable bonds is 8. The Morgan fingerprint density at radius 1 is 1.05 bits per heavy atom. The molecule has 0 aliphatic carbocycles. The van der Waals surface area contributed by atoms with Gasteiger partial charge in [-0.3, -0.25) is 9.78 Å². The van der Waals surface area contributed by atoms with E-state index in [9.17, 15) is 9.59 Å². The smallest absolute Gasteiger partial charge is 0.338 e. The van der Waals surface area contributed by atoms with Crippen molar-refractivity contribution >= 4 is 28.8 Å². The van der Waals surface area contributed by atoms with E-state index in [1.807, 2.05) is 77.0 Å². The fraction of sp³-hybridized carbons (Fsp3) is 0.172. The number of allylic oxidation sites excluding steroid dienone is 1.